The van der Waals surface area contributed by atoms with Crippen LogP contribution < -0.4 is 15.4 Å². The van der Waals surface area contributed by atoms with Gasteiger partial charge < -0.3 is 25.2 Å². The van der Waals surface area contributed by atoms with Gasteiger partial charge in [0.1, 0.15) is 5.75 Å². The zero-order chi connectivity index (χ0) is 20.4. The fourth-order valence-electron chi connectivity index (χ4n) is 3.42. The Bertz CT molecular complexity index is 604. The summed E-state index contributed by atoms with van der Waals surface area (Å²) in [5.41, 5.74) is 1.14. The molecule has 0 saturated heterocycles. The van der Waals surface area contributed by atoms with E-state index in [1.807, 2.05) is 45.0 Å². The Hall–Kier alpha value is -1.06. The van der Waals surface area contributed by atoms with E-state index in [0.29, 0.717) is 6.54 Å². The summed E-state index contributed by atoms with van der Waals surface area (Å²) in [6.45, 7) is 8.81. The molecule has 0 amide bonds. The largest absolute Gasteiger partial charge is 0.491 e. The highest BCUT2D eigenvalue weighted by atomic mass is 127. The van der Waals surface area contributed by atoms with Gasteiger partial charge in [-0.15, -0.1) is 24.0 Å². The van der Waals surface area contributed by atoms with Crippen LogP contribution in [-0.4, -0.2) is 50.5 Å². The summed E-state index contributed by atoms with van der Waals surface area (Å²) in [5.74, 6) is 1.57. The van der Waals surface area contributed by atoms with E-state index in [1.165, 1.54) is 19.3 Å². The van der Waals surface area contributed by atoms with Crippen LogP contribution in [0.1, 0.15) is 58.1 Å². The van der Waals surface area contributed by atoms with Crippen molar-refractivity contribution in [3.63, 3.8) is 0 Å². The van der Waals surface area contributed by atoms with E-state index in [1.54, 1.807) is 7.11 Å². The molecule has 0 aromatic heterocycles. The predicted octanol–water partition coefficient (Wildman–Crippen LogP) is 3.89. The third-order valence-corrected chi connectivity index (χ3v) is 5.27. The van der Waals surface area contributed by atoms with Crippen molar-refractivity contribution in [2.24, 2.45) is 10.4 Å². The van der Waals surface area contributed by atoms with Crippen molar-refractivity contribution in [3.05, 3.63) is 29.8 Å². The predicted molar refractivity (Wildman–Crippen MR) is 129 cm³/mol. The molecule has 0 spiro atoms. The fraction of sp³-hybridized carbons (Fsp3) is 0.682. The molecule has 2 rings (SSSR count). The van der Waals surface area contributed by atoms with Crippen LogP contribution in [0.4, 0.5) is 0 Å². The van der Waals surface area contributed by atoms with Crippen molar-refractivity contribution in [3.8, 4) is 5.75 Å². The van der Waals surface area contributed by atoms with E-state index in [-0.39, 0.29) is 35.5 Å². The Labute approximate surface area is 192 Å². The lowest BCUT2D eigenvalue weighted by Gasteiger charge is -2.40. The second-order valence-corrected chi connectivity index (χ2v) is 7.92. The molecule has 7 heteroatoms. The van der Waals surface area contributed by atoms with Gasteiger partial charge in [0.15, 0.2) is 5.96 Å². The molecule has 0 heterocycles. The third-order valence-electron chi connectivity index (χ3n) is 5.27. The van der Waals surface area contributed by atoms with Crippen LogP contribution in [0, 0.1) is 5.41 Å². The number of rotatable bonds is 11. The highest BCUT2D eigenvalue weighted by Gasteiger charge is 2.36. The Morgan fingerprint density at radius 3 is 2.41 bits per heavy atom. The number of guanidine groups is 1. The molecular weight excluding hydrogens is 481 g/mol. The molecular formula is C22H38IN3O3. The number of hydrogen-bond donors (Lipinski definition) is 3. The minimum absolute atomic E-state index is 0. The van der Waals surface area contributed by atoms with E-state index >= 15 is 0 Å². The van der Waals surface area contributed by atoms with Crippen LogP contribution in [-0.2, 0) is 4.74 Å². The van der Waals surface area contributed by atoms with Crippen LogP contribution in [0.3, 0.4) is 0 Å². The van der Waals surface area contributed by atoms with Crippen molar-refractivity contribution in [1.29, 1.82) is 0 Å². The summed E-state index contributed by atoms with van der Waals surface area (Å²) in [5, 5.41) is 17.1. The number of aliphatic hydroxyl groups excluding tert-OH is 1. The first kappa shape index (κ1) is 26.0. The SMILES string of the molecule is CCNC(=NCC1(CCOC)CCC1)NCC(O)c1ccc(OC(C)C)cc1.I. The first-order valence-corrected chi connectivity index (χ1v) is 10.4. The lowest BCUT2D eigenvalue weighted by molar-refractivity contribution is 0.0778. The molecule has 0 aliphatic heterocycles. The molecule has 1 aliphatic rings. The number of ether oxygens (including phenoxy) is 2. The summed E-state index contributed by atoms with van der Waals surface area (Å²) in [7, 11) is 1.75. The second-order valence-electron chi connectivity index (χ2n) is 7.92. The van der Waals surface area contributed by atoms with Gasteiger partial charge in [0.25, 0.3) is 0 Å². The normalized spacial score (nSPS) is 16.6. The molecule has 1 aromatic carbocycles. The van der Waals surface area contributed by atoms with E-state index in [0.717, 1.165) is 43.4 Å². The van der Waals surface area contributed by atoms with Crippen LogP contribution in [0.25, 0.3) is 0 Å². The number of aliphatic hydroxyl groups is 1. The summed E-state index contributed by atoms with van der Waals surface area (Å²) in [6.07, 6.45) is 4.29. The summed E-state index contributed by atoms with van der Waals surface area (Å²) in [6, 6.07) is 7.60. The van der Waals surface area contributed by atoms with Crippen LogP contribution in [0.5, 0.6) is 5.75 Å². The van der Waals surface area contributed by atoms with Gasteiger partial charge >= 0.3 is 0 Å². The molecule has 0 bridgehead atoms. The molecule has 6 nitrogen and oxygen atoms in total. The molecule has 1 unspecified atom stereocenters. The van der Waals surface area contributed by atoms with Gasteiger partial charge in [0.2, 0.25) is 0 Å². The van der Waals surface area contributed by atoms with Crippen molar-refractivity contribution in [2.45, 2.75) is 58.7 Å². The molecule has 0 radical (unpaired) electrons. The number of nitrogens with one attached hydrogen (secondary N) is 2. The average molecular weight is 519 g/mol. The molecule has 166 valence electrons. The lowest BCUT2D eigenvalue weighted by atomic mass is 9.67. The van der Waals surface area contributed by atoms with E-state index < -0.39 is 6.10 Å². The van der Waals surface area contributed by atoms with Gasteiger partial charge in [-0.2, -0.15) is 0 Å². The summed E-state index contributed by atoms with van der Waals surface area (Å²) < 4.78 is 10.9. The smallest absolute Gasteiger partial charge is 0.191 e. The standard InChI is InChI=1S/C22H37N3O3.HI/c1-5-23-21(25-16-22(11-6-12-22)13-14-27-4)24-15-20(26)18-7-9-19(10-8-18)28-17(2)3;/h7-10,17,20,26H,5-6,11-16H2,1-4H3,(H2,23,24,25);1H. The molecule has 1 atom stereocenters. The zero-order valence-corrected chi connectivity index (χ0v) is 20.6. The first-order valence-electron chi connectivity index (χ1n) is 10.4. The monoisotopic (exact) mass is 519 g/mol. The molecule has 1 saturated carbocycles. The van der Waals surface area contributed by atoms with Gasteiger partial charge in [-0.3, -0.25) is 4.99 Å². The molecule has 1 aromatic rings. The minimum Gasteiger partial charge on any atom is -0.491 e. The zero-order valence-electron chi connectivity index (χ0n) is 18.2. The topological polar surface area (TPSA) is 75.1 Å². The highest BCUT2D eigenvalue weighted by molar-refractivity contribution is 14.0. The Morgan fingerprint density at radius 1 is 1.21 bits per heavy atom. The lowest BCUT2D eigenvalue weighted by Crippen LogP contribution is -2.41. The Balaban J connectivity index is 0.00000420. The maximum atomic E-state index is 10.5. The van der Waals surface area contributed by atoms with E-state index in [9.17, 15) is 5.11 Å². The van der Waals surface area contributed by atoms with Gasteiger partial charge in [0, 0.05) is 33.4 Å². The van der Waals surface area contributed by atoms with Crippen molar-refractivity contribution < 1.29 is 14.6 Å². The Kier molecular flexibility index (Phi) is 11.9. The summed E-state index contributed by atoms with van der Waals surface area (Å²) >= 11 is 0. The van der Waals surface area contributed by atoms with E-state index in [2.05, 4.69) is 10.6 Å². The molecule has 1 fully saturated rings. The first-order chi connectivity index (χ1) is 13.5. The van der Waals surface area contributed by atoms with E-state index in [4.69, 9.17) is 14.5 Å². The number of aliphatic imine (C=N–C) groups is 1. The second kappa shape index (κ2) is 13.3. The minimum atomic E-state index is -0.608. The third kappa shape index (κ3) is 8.68. The quantitative estimate of drug-likeness (QED) is 0.235. The van der Waals surface area contributed by atoms with Crippen molar-refractivity contribution >= 4 is 29.9 Å². The van der Waals surface area contributed by atoms with Gasteiger partial charge in [-0.05, 0) is 63.1 Å². The number of benzene rings is 1. The number of nitrogens with zero attached hydrogens (tertiary/aromatic N) is 1. The van der Waals surface area contributed by atoms with Crippen LogP contribution >= 0.6 is 24.0 Å². The number of halogens is 1. The van der Waals surface area contributed by atoms with Gasteiger partial charge in [-0.1, -0.05) is 18.6 Å². The fourth-order valence-corrected chi connectivity index (χ4v) is 3.42. The number of hydrogen-bond acceptors (Lipinski definition) is 4. The average Bonchev–Trinajstić information content (AvgIpc) is 2.64. The van der Waals surface area contributed by atoms with Gasteiger partial charge in [0.05, 0.1) is 12.2 Å². The van der Waals surface area contributed by atoms with Crippen molar-refractivity contribution in [2.75, 3.05) is 33.4 Å². The molecule has 1 aliphatic carbocycles. The molecule has 3 N–H and O–H groups in total. The maximum Gasteiger partial charge on any atom is 0.191 e. The number of methoxy groups -OCH3 is 1. The van der Waals surface area contributed by atoms with Gasteiger partial charge in [-0.25, -0.2) is 0 Å². The maximum absolute atomic E-state index is 10.5. The summed E-state index contributed by atoms with van der Waals surface area (Å²) in [4.78, 5) is 4.78. The Morgan fingerprint density at radius 2 is 1.90 bits per heavy atom. The highest BCUT2D eigenvalue weighted by Crippen LogP contribution is 2.44. The van der Waals surface area contributed by atoms with Crippen LogP contribution in [0.15, 0.2) is 29.3 Å². The molecule has 29 heavy (non-hydrogen) atoms. The van der Waals surface area contributed by atoms with Crippen molar-refractivity contribution in [1.82, 2.24) is 10.6 Å². The van der Waals surface area contributed by atoms with Crippen LogP contribution in [0.2, 0.25) is 0 Å².